The number of alkyl halides is 2. The van der Waals surface area contributed by atoms with E-state index in [0.29, 0.717) is 6.42 Å². The van der Waals surface area contributed by atoms with Gasteiger partial charge in [0.2, 0.25) is 0 Å². The van der Waals surface area contributed by atoms with E-state index < -0.39 is 12.0 Å². The van der Waals surface area contributed by atoms with Crippen LogP contribution in [0.2, 0.25) is 0 Å². The molecule has 0 radical (unpaired) electrons. The van der Waals surface area contributed by atoms with Crippen LogP contribution in [0.1, 0.15) is 32.6 Å². The van der Waals surface area contributed by atoms with Crippen LogP contribution in [0.25, 0.3) is 0 Å². The van der Waals surface area contributed by atoms with Crippen LogP contribution in [-0.2, 0) is 0 Å². The lowest BCUT2D eigenvalue weighted by atomic mass is 9.81. The Hall–Kier alpha value is -0.180. The predicted octanol–water partition coefficient (Wildman–Crippen LogP) is 2.16. The summed E-state index contributed by atoms with van der Waals surface area (Å²) in [5.41, 5.74) is 5.42. The molecule has 1 nitrogen and oxygen atoms in total. The van der Waals surface area contributed by atoms with E-state index in [4.69, 9.17) is 5.73 Å². The maximum atomic E-state index is 12.9. The van der Waals surface area contributed by atoms with Crippen LogP contribution in [0.5, 0.6) is 0 Å². The van der Waals surface area contributed by atoms with E-state index >= 15 is 0 Å². The van der Waals surface area contributed by atoms with Crippen molar-refractivity contribution in [3.8, 4) is 0 Å². The largest absolute Gasteiger partial charge is 0.322 e. The van der Waals surface area contributed by atoms with Crippen molar-refractivity contribution >= 4 is 0 Å². The molecule has 0 aromatic heterocycles. The van der Waals surface area contributed by atoms with Crippen LogP contribution in [-0.4, -0.2) is 12.0 Å². The monoisotopic (exact) mass is 163 g/mol. The Bertz CT molecular complexity index is 136. The summed E-state index contributed by atoms with van der Waals surface area (Å²) in [7, 11) is 0. The normalized spacial score (nSPS) is 37.1. The summed E-state index contributed by atoms with van der Waals surface area (Å²) in [6.07, 6.45) is 2.24. The summed E-state index contributed by atoms with van der Waals surface area (Å²) in [4.78, 5) is 0. The van der Waals surface area contributed by atoms with E-state index in [2.05, 4.69) is 0 Å². The molecule has 1 aliphatic rings. The van der Waals surface area contributed by atoms with Crippen molar-refractivity contribution in [2.24, 2.45) is 11.7 Å². The van der Waals surface area contributed by atoms with Crippen LogP contribution in [0.15, 0.2) is 0 Å². The Kier molecular flexibility index (Phi) is 2.47. The van der Waals surface area contributed by atoms with Gasteiger partial charge in [0.25, 0.3) is 5.92 Å². The average Bonchev–Trinajstić information content (AvgIpc) is 1.95. The fraction of sp³-hybridized carbons (Fsp3) is 1.00. The fourth-order valence-corrected chi connectivity index (χ4v) is 1.75. The number of hydrogen-bond acceptors (Lipinski definition) is 1. The summed E-state index contributed by atoms with van der Waals surface area (Å²) in [6.45, 7) is 1.92. The van der Waals surface area contributed by atoms with Gasteiger partial charge in [-0.15, -0.1) is 0 Å². The Morgan fingerprint density at radius 2 is 2.18 bits per heavy atom. The van der Waals surface area contributed by atoms with Crippen molar-refractivity contribution in [2.75, 3.05) is 0 Å². The first-order valence-corrected chi connectivity index (χ1v) is 4.21. The van der Waals surface area contributed by atoms with Crippen molar-refractivity contribution < 1.29 is 8.78 Å². The van der Waals surface area contributed by atoms with Gasteiger partial charge >= 0.3 is 0 Å². The van der Waals surface area contributed by atoms with Gasteiger partial charge < -0.3 is 5.73 Å². The van der Waals surface area contributed by atoms with Crippen LogP contribution in [0.3, 0.4) is 0 Å². The second kappa shape index (κ2) is 3.05. The molecule has 0 saturated heterocycles. The molecular formula is C8H15F2N. The Morgan fingerprint density at radius 1 is 1.55 bits per heavy atom. The van der Waals surface area contributed by atoms with Gasteiger partial charge in [0.15, 0.2) is 0 Å². The third kappa shape index (κ3) is 1.70. The number of hydrogen-bond donors (Lipinski definition) is 1. The van der Waals surface area contributed by atoms with E-state index in [0.717, 1.165) is 12.8 Å². The first kappa shape index (κ1) is 8.91. The minimum atomic E-state index is -2.61. The van der Waals surface area contributed by atoms with Crippen LogP contribution in [0, 0.1) is 5.92 Å². The molecule has 0 aromatic carbocycles. The van der Waals surface area contributed by atoms with Gasteiger partial charge in [-0.05, 0) is 18.8 Å². The highest BCUT2D eigenvalue weighted by molar-refractivity contribution is 4.90. The van der Waals surface area contributed by atoms with E-state index in [1.807, 2.05) is 6.92 Å². The summed E-state index contributed by atoms with van der Waals surface area (Å²) >= 11 is 0. The standard InChI is InChI=1S/C8H15F2N/c1-2-6-4-3-5-8(9,10)7(6)11/h6-7H,2-5,11H2,1H3/t6-,7-/m1/s1. The number of rotatable bonds is 1. The van der Waals surface area contributed by atoms with Gasteiger partial charge in [0, 0.05) is 6.42 Å². The minimum Gasteiger partial charge on any atom is -0.322 e. The SMILES string of the molecule is CC[C@@H]1CCCC(F)(F)[C@@H]1N. The lowest BCUT2D eigenvalue weighted by Crippen LogP contribution is -2.49. The lowest BCUT2D eigenvalue weighted by Gasteiger charge is -2.34. The number of halogens is 2. The van der Waals surface area contributed by atoms with Crippen LogP contribution in [0.4, 0.5) is 8.78 Å². The summed E-state index contributed by atoms with van der Waals surface area (Å²) in [5.74, 6) is -2.59. The third-order valence-electron chi connectivity index (χ3n) is 2.60. The molecule has 3 heteroatoms. The van der Waals surface area contributed by atoms with Crippen LogP contribution >= 0.6 is 0 Å². The topological polar surface area (TPSA) is 26.0 Å². The highest BCUT2D eigenvalue weighted by atomic mass is 19.3. The number of nitrogens with two attached hydrogens (primary N) is 1. The summed E-state index contributed by atoms with van der Waals surface area (Å²) < 4.78 is 25.8. The van der Waals surface area contributed by atoms with E-state index in [1.54, 1.807) is 0 Å². The van der Waals surface area contributed by atoms with Gasteiger partial charge in [-0.2, -0.15) is 0 Å². The zero-order valence-electron chi connectivity index (χ0n) is 6.82. The fourth-order valence-electron chi connectivity index (χ4n) is 1.75. The van der Waals surface area contributed by atoms with Gasteiger partial charge in [-0.25, -0.2) is 8.78 Å². The quantitative estimate of drug-likeness (QED) is 0.629. The molecule has 0 spiro atoms. The van der Waals surface area contributed by atoms with Crippen molar-refractivity contribution in [2.45, 2.75) is 44.6 Å². The average molecular weight is 163 g/mol. The lowest BCUT2D eigenvalue weighted by molar-refractivity contribution is -0.0722. The van der Waals surface area contributed by atoms with Crippen molar-refractivity contribution in [1.82, 2.24) is 0 Å². The van der Waals surface area contributed by atoms with Gasteiger partial charge in [0.05, 0.1) is 6.04 Å². The predicted molar refractivity (Wildman–Crippen MR) is 40.6 cm³/mol. The maximum absolute atomic E-state index is 12.9. The van der Waals surface area contributed by atoms with E-state index in [-0.39, 0.29) is 12.3 Å². The second-order valence-electron chi connectivity index (χ2n) is 3.35. The Morgan fingerprint density at radius 3 is 2.64 bits per heavy atom. The molecule has 1 fully saturated rings. The molecule has 0 aromatic rings. The molecule has 0 bridgehead atoms. The van der Waals surface area contributed by atoms with Crippen LogP contribution < -0.4 is 5.73 Å². The third-order valence-corrected chi connectivity index (χ3v) is 2.60. The molecule has 1 saturated carbocycles. The van der Waals surface area contributed by atoms with E-state index in [1.165, 1.54) is 0 Å². The molecule has 11 heavy (non-hydrogen) atoms. The van der Waals surface area contributed by atoms with Crippen molar-refractivity contribution in [3.63, 3.8) is 0 Å². The molecule has 66 valence electrons. The van der Waals surface area contributed by atoms with Gasteiger partial charge in [0.1, 0.15) is 0 Å². The van der Waals surface area contributed by atoms with Crippen molar-refractivity contribution in [1.29, 1.82) is 0 Å². The first-order valence-electron chi connectivity index (χ1n) is 4.21. The highest BCUT2D eigenvalue weighted by Crippen LogP contribution is 2.36. The molecule has 1 rings (SSSR count). The maximum Gasteiger partial charge on any atom is 0.263 e. The molecule has 0 heterocycles. The Balaban J connectivity index is 2.60. The van der Waals surface area contributed by atoms with Crippen molar-refractivity contribution in [3.05, 3.63) is 0 Å². The molecule has 2 N–H and O–H groups in total. The second-order valence-corrected chi connectivity index (χ2v) is 3.35. The van der Waals surface area contributed by atoms with Gasteiger partial charge in [-0.1, -0.05) is 13.3 Å². The minimum absolute atomic E-state index is 0.0231. The Labute approximate surface area is 66.0 Å². The zero-order chi connectivity index (χ0) is 8.48. The smallest absolute Gasteiger partial charge is 0.263 e. The molecule has 1 aliphatic carbocycles. The molecule has 0 unspecified atom stereocenters. The first-order chi connectivity index (χ1) is 5.08. The molecular weight excluding hydrogens is 148 g/mol. The highest BCUT2D eigenvalue weighted by Gasteiger charge is 2.43. The summed E-state index contributed by atoms with van der Waals surface area (Å²) in [6, 6.07) is -0.902. The zero-order valence-corrected chi connectivity index (χ0v) is 6.82. The summed E-state index contributed by atoms with van der Waals surface area (Å²) in [5, 5.41) is 0. The molecule has 0 aliphatic heterocycles. The molecule has 0 amide bonds. The van der Waals surface area contributed by atoms with E-state index in [9.17, 15) is 8.78 Å². The molecule has 2 atom stereocenters. The van der Waals surface area contributed by atoms with Gasteiger partial charge in [-0.3, -0.25) is 0 Å².